The molecule has 0 saturated carbocycles. The van der Waals surface area contributed by atoms with Gasteiger partial charge in [0.15, 0.2) is 0 Å². The second-order valence-electron chi connectivity index (χ2n) is 7.24. The van der Waals surface area contributed by atoms with Gasteiger partial charge >= 0.3 is 0 Å². The lowest BCUT2D eigenvalue weighted by molar-refractivity contribution is -0.120. The molecule has 0 aliphatic carbocycles. The Balaban J connectivity index is 1.86. The third kappa shape index (κ3) is 6.41. The summed E-state index contributed by atoms with van der Waals surface area (Å²) >= 11 is 12.2. The van der Waals surface area contributed by atoms with Gasteiger partial charge in [-0.05, 0) is 61.9 Å². The molecule has 0 aliphatic rings. The molecular formula is C24H24Cl2N2O4S. The van der Waals surface area contributed by atoms with Gasteiger partial charge in [0.25, 0.3) is 10.0 Å². The number of sulfonamides is 1. The van der Waals surface area contributed by atoms with Crippen LogP contribution in [0.5, 0.6) is 5.75 Å². The van der Waals surface area contributed by atoms with Crippen molar-refractivity contribution in [1.29, 1.82) is 0 Å². The van der Waals surface area contributed by atoms with Gasteiger partial charge in [0.05, 0.1) is 23.2 Å². The molecule has 3 aromatic rings. The molecule has 0 spiro atoms. The van der Waals surface area contributed by atoms with E-state index in [-0.39, 0.29) is 26.7 Å². The molecule has 3 rings (SSSR count). The van der Waals surface area contributed by atoms with Crippen LogP contribution >= 0.6 is 23.2 Å². The highest BCUT2D eigenvalue weighted by Gasteiger charge is 2.28. The molecule has 0 fully saturated rings. The number of hydrogen-bond donors (Lipinski definition) is 1. The fraction of sp³-hybridized carbons (Fsp3) is 0.208. The zero-order chi connectivity index (χ0) is 24.0. The quantitative estimate of drug-likeness (QED) is 0.417. The fourth-order valence-corrected chi connectivity index (χ4v) is 5.18. The zero-order valence-electron chi connectivity index (χ0n) is 18.2. The van der Waals surface area contributed by atoms with Crippen molar-refractivity contribution in [3.8, 4) is 5.75 Å². The molecule has 0 bridgehead atoms. The van der Waals surface area contributed by atoms with Gasteiger partial charge in [-0.2, -0.15) is 0 Å². The molecule has 33 heavy (non-hydrogen) atoms. The first kappa shape index (κ1) is 24.9. The molecule has 0 heterocycles. The van der Waals surface area contributed by atoms with E-state index in [0.717, 1.165) is 15.6 Å². The van der Waals surface area contributed by atoms with Crippen LogP contribution in [0.1, 0.15) is 25.5 Å². The molecule has 0 aromatic heterocycles. The number of ether oxygens (including phenoxy) is 1. The van der Waals surface area contributed by atoms with Crippen LogP contribution in [0.25, 0.3) is 0 Å². The average Bonchev–Trinajstić information content (AvgIpc) is 2.78. The minimum Gasteiger partial charge on any atom is -0.494 e. The first-order chi connectivity index (χ1) is 15.7. The van der Waals surface area contributed by atoms with Crippen molar-refractivity contribution < 1.29 is 17.9 Å². The van der Waals surface area contributed by atoms with Gasteiger partial charge in [-0.3, -0.25) is 9.10 Å². The Bertz CT molecular complexity index is 1180. The standard InChI is InChI=1S/C24H24Cl2N2O4S/c1-3-32-22-11-9-18(10-12-22)17(2)27-24(29)16-28(21-14-19(25)13-20(26)15-21)33(30,31)23-7-5-4-6-8-23/h4-15,17H,3,16H2,1-2H3,(H,27,29)/t17-/m0/s1. The van der Waals surface area contributed by atoms with Crippen LogP contribution in [0.15, 0.2) is 77.7 Å². The van der Waals surface area contributed by atoms with Crippen LogP contribution < -0.4 is 14.4 Å². The molecule has 1 amide bonds. The second kappa shape index (κ2) is 10.9. The van der Waals surface area contributed by atoms with Crippen LogP contribution in [0.3, 0.4) is 0 Å². The predicted octanol–water partition coefficient (Wildman–Crippen LogP) is 5.46. The van der Waals surface area contributed by atoms with Crippen molar-refractivity contribution in [3.05, 3.63) is 88.4 Å². The Kier molecular flexibility index (Phi) is 8.24. The van der Waals surface area contributed by atoms with E-state index < -0.39 is 22.5 Å². The van der Waals surface area contributed by atoms with Crippen LogP contribution in [0.4, 0.5) is 5.69 Å². The van der Waals surface area contributed by atoms with Crippen LogP contribution in [0, 0.1) is 0 Å². The number of halogens is 2. The summed E-state index contributed by atoms with van der Waals surface area (Å²) in [6.45, 7) is 3.83. The maximum atomic E-state index is 13.4. The van der Waals surface area contributed by atoms with Gasteiger partial charge in [-0.15, -0.1) is 0 Å². The Labute approximate surface area is 204 Å². The number of anilines is 1. The van der Waals surface area contributed by atoms with E-state index in [1.807, 2.05) is 38.1 Å². The van der Waals surface area contributed by atoms with Crippen molar-refractivity contribution in [2.75, 3.05) is 17.5 Å². The molecule has 3 aromatic carbocycles. The van der Waals surface area contributed by atoms with Crippen LogP contribution in [0.2, 0.25) is 10.0 Å². The lowest BCUT2D eigenvalue weighted by atomic mass is 10.1. The summed E-state index contributed by atoms with van der Waals surface area (Å²) in [7, 11) is -4.06. The van der Waals surface area contributed by atoms with Crippen molar-refractivity contribution in [3.63, 3.8) is 0 Å². The Morgan fingerprint density at radius 3 is 2.18 bits per heavy atom. The summed E-state index contributed by atoms with van der Waals surface area (Å²) in [6, 6.07) is 19.3. The summed E-state index contributed by atoms with van der Waals surface area (Å²) in [5.74, 6) is 0.254. The highest BCUT2D eigenvalue weighted by Crippen LogP contribution is 2.29. The smallest absolute Gasteiger partial charge is 0.264 e. The van der Waals surface area contributed by atoms with Crippen molar-refractivity contribution >= 4 is 44.8 Å². The third-order valence-corrected chi connectivity index (χ3v) is 7.05. The number of rotatable bonds is 9. The molecule has 0 aliphatic heterocycles. The SMILES string of the molecule is CCOc1ccc([C@H](C)NC(=O)CN(c2cc(Cl)cc(Cl)c2)S(=O)(=O)c2ccccc2)cc1. The highest BCUT2D eigenvalue weighted by molar-refractivity contribution is 7.92. The number of nitrogens with one attached hydrogen (secondary N) is 1. The molecular weight excluding hydrogens is 483 g/mol. The molecule has 9 heteroatoms. The van der Waals surface area contributed by atoms with Gasteiger partial charge in [-0.1, -0.05) is 53.5 Å². The van der Waals surface area contributed by atoms with Gasteiger partial charge in [-0.25, -0.2) is 8.42 Å². The molecule has 6 nitrogen and oxygen atoms in total. The number of nitrogens with zero attached hydrogens (tertiary/aromatic N) is 1. The monoisotopic (exact) mass is 506 g/mol. The van der Waals surface area contributed by atoms with Gasteiger partial charge in [0.1, 0.15) is 12.3 Å². The fourth-order valence-electron chi connectivity index (χ4n) is 3.24. The Morgan fingerprint density at radius 2 is 1.61 bits per heavy atom. The first-order valence-electron chi connectivity index (χ1n) is 10.3. The summed E-state index contributed by atoms with van der Waals surface area (Å²) in [5, 5.41) is 3.37. The lowest BCUT2D eigenvalue weighted by Gasteiger charge is -2.25. The average molecular weight is 507 g/mol. The Morgan fingerprint density at radius 1 is 1.00 bits per heavy atom. The van der Waals surface area contributed by atoms with E-state index in [0.29, 0.717) is 6.61 Å². The van der Waals surface area contributed by atoms with E-state index in [2.05, 4.69) is 5.32 Å². The lowest BCUT2D eigenvalue weighted by Crippen LogP contribution is -2.41. The molecule has 1 N–H and O–H groups in total. The number of carbonyl (C=O) groups excluding carboxylic acids is 1. The van der Waals surface area contributed by atoms with Gasteiger partial charge in [0, 0.05) is 10.0 Å². The zero-order valence-corrected chi connectivity index (χ0v) is 20.5. The number of benzene rings is 3. The van der Waals surface area contributed by atoms with Crippen molar-refractivity contribution in [2.24, 2.45) is 0 Å². The summed E-state index contributed by atoms with van der Waals surface area (Å²) in [5.41, 5.74) is 1.05. The largest absolute Gasteiger partial charge is 0.494 e. The Hall–Kier alpha value is -2.74. The molecule has 0 saturated heterocycles. The molecule has 0 radical (unpaired) electrons. The molecule has 174 valence electrons. The third-order valence-electron chi connectivity index (χ3n) is 4.82. The van der Waals surface area contributed by atoms with E-state index >= 15 is 0 Å². The highest BCUT2D eigenvalue weighted by atomic mass is 35.5. The first-order valence-corrected chi connectivity index (χ1v) is 12.5. The molecule has 0 unspecified atom stereocenters. The minimum atomic E-state index is -4.06. The predicted molar refractivity (Wildman–Crippen MR) is 132 cm³/mol. The van der Waals surface area contributed by atoms with E-state index in [9.17, 15) is 13.2 Å². The van der Waals surface area contributed by atoms with Gasteiger partial charge in [0.2, 0.25) is 5.91 Å². The maximum absolute atomic E-state index is 13.4. The topological polar surface area (TPSA) is 75.7 Å². The summed E-state index contributed by atoms with van der Waals surface area (Å²) in [4.78, 5) is 13.0. The normalized spacial score (nSPS) is 12.1. The second-order valence-corrected chi connectivity index (χ2v) is 9.98. The van der Waals surface area contributed by atoms with Crippen molar-refractivity contribution in [1.82, 2.24) is 5.32 Å². The van der Waals surface area contributed by atoms with Crippen LogP contribution in [-0.2, 0) is 14.8 Å². The van der Waals surface area contributed by atoms with E-state index in [4.69, 9.17) is 27.9 Å². The molecule has 1 atom stereocenters. The van der Waals surface area contributed by atoms with Gasteiger partial charge < -0.3 is 10.1 Å². The minimum absolute atomic E-state index is 0.0495. The summed E-state index contributed by atoms with van der Waals surface area (Å²) in [6.07, 6.45) is 0. The number of carbonyl (C=O) groups is 1. The summed E-state index contributed by atoms with van der Waals surface area (Å²) < 4.78 is 33.2. The maximum Gasteiger partial charge on any atom is 0.264 e. The van der Waals surface area contributed by atoms with E-state index in [1.54, 1.807) is 18.2 Å². The van der Waals surface area contributed by atoms with Crippen LogP contribution in [-0.4, -0.2) is 27.5 Å². The number of hydrogen-bond acceptors (Lipinski definition) is 4. The number of amides is 1. The van der Waals surface area contributed by atoms with E-state index in [1.165, 1.54) is 30.3 Å². The van der Waals surface area contributed by atoms with Crippen molar-refractivity contribution in [2.45, 2.75) is 24.8 Å².